The number of pyridine rings is 1. The lowest BCUT2D eigenvalue weighted by atomic mass is 10.1. The first-order valence-corrected chi connectivity index (χ1v) is 8.29. The Morgan fingerprint density at radius 2 is 2.00 bits per heavy atom. The number of benzene rings is 1. The molecule has 122 valence electrons. The van der Waals surface area contributed by atoms with Crippen molar-refractivity contribution in [1.82, 2.24) is 14.8 Å². The summed E-state index contributed by atoms with van der Waals surface area (Å²) in [4.78, 5) is 26.6. The first kappa shape index (κ1) is 15.7. The Morgan fingerprint density at radius 1 is 1.22 bits per heavy atom. The zero-order valence-corrected chi connectivity index (χ0v) is 13.5. The van der Waals surface area contributed by atoms with Crippen LogP contribution in [0.15, 0.2) is 35.3 Å². The SMILES string of the molecule is CCc1ccc2c(=O)n(CCC(=O)N3CCNCC3)ccc2c1. The number of nitrogens with one attached hydrogen (secondary N) is 1. The predicted molar refractivity (Wildman–Crippen MR) is 91.7 cm³/mol. The smallest absolute Gasteiger partial charge is 0.258 e. The molecule has 5 heteroatoms. The van der Waals surface area contributed by atoms with E-state index in [0.717, 1.165) is 43.4 Å². The van der Waals surface area contributed by atoms with Crippen molar-refractivity contribution in [2.75, 3.05) is 26.2 Å². The molecule has 0 bridgehead atoms. The first-order valence-electron chi connectivity index (χ1n) is 8.29. The Morgan fingerprint density at radius 3 is 2.74 bits per heavy atom. The van der Waals surface area contributed by atoms with Gasteiger partial charge in [-0.25, -0.2) is 0 Å². The molecule has 1 N–H and O–H groups in total. The van der Waals surface area contributed by atoms with Gasteiger partial charge in [0.25, 0.3) is 5.56 Å². The van der Waals surface area contributed by atoms with E-state index in [2.05, 4.69) is 18.3 Å². The molecule has 0 saturated carbocycles. The zero-order chi connectivity index (χ0) is 16.2. The zero-order valence-electron chi connectivity index (χ0n) is 13.5. The fraction of sp³-hybridized carbons (Fsp3) is 0.444. The number of carbonyl (C=O) groups is 1. The van der Waals surface area contributed by atoms with Crippen molar-refractivity contribution < 1.29 is 4.79 Å². The lowest BCUT2D eigenvalue weighted by molar-refractivity contribution is -0.132. The minimum atomic E-state index is -0.0155. The molecule has 1 aliphatic rings. The van der Waals surface area contributed by atoms with Crippen LogP contribution in [0.5, 0.6) is 0 Å². The molecule has 2 aromatic rings. The van der Waals surface area contributed by atoms with Gasteiger partial charge in [-0.15, -0.1) is 0 Å². The van der Waals surface area contributed by atoms with Crippen LogP contribution in [0.1, 0.15) is 18.9 Å². The van der Waals surface area contributed by atoms with Gasteiger partial charge in [-0.2, -0.15) is 0 Å². The third-order valence-corrected chi connectivity index (χ3v) is 4.49. The van der Waals surface area contributed by atoms with E-state index in [-0.39, 0.29) is 11.5 Å². The Labute approximate surface area is 135 Å². The van der Waals surface area contributed by atoms with Gasteiger partial charge in [-0.3, -0.25) is 9.59 Å². The number of fused-ring (bicyclic) bond motifs is 1. The summed E-state index contributed by atoms with van der Waals surface area (Å²) in [5.41, 5.74) is 1.21. The van der Waals surface area contributed by atoms with E-state index in [0.29, 0.717) is 13.0 Å². The van der Waals surface area contributed by atoms with E-state index < -0.39 is 0 Å². The van der Waals surface area contributed by atoms with Crippen molar-refractivity contribution >= 4 is 16.7 Å². The van der Waals surface area contributed by atoms with E-state index in [1.165, 1.54) is 5.56 Å². The second-order valence-corrected chi connectivity index (χ2v) is 5.97. The minimum Gasteiger partial charge on any atom is -0.340 e. The maximum absolute atomic E-state index is 12.5. The molecule has 0 aliphatic carbocycles. The molecule has 1 amide bonds. The summed E-state index contributed by atoms with van der Waals surface area (Å²) in [6, 6.07) is 7.92. The maximum Gasteiger partial charge on any atom is 0.258 e. The molecule has 5 nitrogen and oxygen atoms in total. The van der Waals surface area contributed by atoms with E-state index in [4.69, 9.17) is 0 Å². The van der Waals surface area contributed by atoms with Crippen LogP contribution in [0.2, 0.25) is 0 Å². The van der Waals surface area contributed by atoms with E-state index in [1.807, 2.05) is 23.1 Å². The van der Waals surface area contributed by atoms with Gasteiger partial charge in [-0.1, -0.05) is 19.1 Å². The van der Waals surface area contributed by atoms with E-state index in [1.54, 1.807) is 10.8 Å². The largest absolute Gasteiger partial charge is 0.340 e. The van der Waals surface area contributed by atoms with Crippen LogP contribution in [-0.4, -0.2) is 41.6 Å². The van der Waals surface area contributed by atoms with Crippen molar-refractivity contribution in [3.63, 3.8) is 0 Å². The Balaban J connectivity index is 1.74. The van der Waals surface area contributed by atoms with Crippen LogP contribution in [0.25, 0.3) is 10.8 Å². The van der Waals surface area contributed by atoms with Crippen LogP contribution < -0.4 is 10.9 Å². The highest BCUT2D eigenvalue weighted by molar-refractivity contribution is 5.82. The molecule has 1 aromatic heterocycles. The minimum absolute atomic E-state index is 0.0155. The molecular weight excluding hydrogens is 290 g/mol. The number of hydrogen-bond donors (Lipinski definition) is 1. The van der Waals surface area contributed by atoms with Gasteiger partial charge < -0.3 is 14.8 Å². The molecule has 0 atom stereocenters. The van der Waals surface area contributed by atoms with Gasteiger partial charge in [0.1, 0.15) is 0 Å². The van der Waals surface area contributed by atoms with Gasteiger partial charge in [0.05, 0.1) is 0 Å². The number of aromatic nitrogens is 1. The standard InChI is InChI=1S/C18H23N3O2/c1-2-14-3-4-16-15(13-14)5-9-21(18(16)23)10-6-17(22)20-11-7-19-8-12-20/h3-5,9,13,19H,2,6-8,10-12H2,1H3. The number of aryl methyl sites for hydroxylation is 2. The number of hydrogen-bond acceptors (Lipinski definition) is 3. The molecule has 0 spiro atoms. The van der Waals surface area contributed by atoms with Crippen LogP contribution in [0, 0.1) is 0 Å². The summed E-state index contributed by atoms with van der Waals surface area (Å²) in [7, 11) is 0. The molecule has 0 unspecified atom stereocenters. The number of piperazine rings is 1. The van der Waals surface area contributed by atoms with Gasteiger partial charge >= 0.3 is 0 Å². The van der Waals surface area contributed by atoms with Crippen molar-refractivity contribution in [2.24, 2.45) is 0 Å². The highest BCUT2D eigenvalue weighted by Crippen LogP contribution is 2.13. The highest BCUT2D eigenvalue weighted by atomic mass is 16.2. The summed E-state index contributed by atoms with van der Waals surface area (Å²) >= 11 is 0. The Hall–Kier alpha value is -2.14. The fourth-order valence-electron chi connectivity index (χ4n) is 3.02. The molecule has 1 aromatic carbocycles. The summed E-state index contributed by atoms with van der Waals surface area (Å²) in [5.74, 6) is 0.125. The quantitative estimate of drug-likeness (QED) is 0.928. The third kappa shape index (κ3) is 3.45. The molecule has 3 rings (SSSR count). The van der Waals surface area contributed by atoms with Gasteiger partial charge in [-0.05, 0) is 29.5 Å². The van der Waals surface area contributed by atoms with E-state index in [9.17, 15) is 9.59 Å². The topological polar surface area (TPSA) is 54.3 Å². The fourth-order valence-corrected chi connectivity index (χ4v) is 3.02. The van der Waals surface area contributed by atoms with Crippen LogP contribution in [-0.2, 0) is 17.8 Å². The van der Waals surface area contributed by atoms with Crippen molar-refractivity contribution in [2.45, 2.75) is 26.3 Å². The summed E-state index contributed by atoms with van der Waals surface area (Å²) in [5, 5.41) is 4.93. The maximum atomic E-state index is 12.5. The lowest BCUT2D eigenvalue weighted by Gasteiger charge is -2.27. The van der Waals surface area contributed by atoms with Gasteiger partial charge in [0.2, 0.25) is 5.91 Å². The molecule has 1 saturated heterocycles. The number of amides is 1. The highest BCUT2D eigenvalue weighted by Gasteiger charge is 2.16. The van der Waals surface area contributed by atoms with E-state index >= 15 is 0 Å². The second-order valence-electron chi connectivity index (χ2n) is 5.97. The van der Waals surface area contributed by atoms with Gasteiger partial charge in [0.15, 0.2) is 0 Å². The lowest BCUT2D eigenvalue weighted by Crippen LogP contribution is -2.46. The van der Waals surface area contributed by atoms with Crippen molar-refractivity contribution in [3.05, 3.63) is 46.4 Å². The average molecular weight is 313 g/mol. The summed E-state index contributed by atoms with van der Waals surface area (Å²) in [6.07, 6.45) is 3.13. The molecule has 1 aliphatic heterocycles. The van der Waals surface area contributed by atoms with Crippen molar-refractivity contribution in [1.29, 1.82) is 0 Å². The second kappa shape index (κ2) is 6.96. The average Bonchev–Trinajstić information content (AvgIpc) is 2.61. The molecule has 0 radical (unpaired) electrons. The summed E-state index contributed by atoms with van der Waals surface area (Å²) in [6.45, 7) is 5.75. The van der Waals surface area contributed by atoms with Gasteiger partial charge in [0, 0.05) is 50.7 Å². The Bertz CT molecular complexity index is 760. The Kier molecular flexibility index (Phi) is 4.76. The normalized spacial score (nSPS) is 15.1. The molecule has 23 heavy (non-hydrogen) atoms. The van der Waals surface area contributed by atoms with Crippen molar-refractivity contribution in [3.8, 4) is 0 Å². The van der Waals surface area contributed by atoms with Crippen LogP contribution >= 0.6 is 0 Å². The monoisotopic (exact) mass is 313 g/mol. The molecule has 1 fully saturated rings. The number of carbonyl (C=O) groups excluding carboxylic acids is 1. The predicted octanol–water partition coefficient (Wildman–Crippen LogP) is 1.39. The first-order chi connectivity index (χ1) is 11.2. The third-order valence-electron chi connectivity index (χ3n) is 4.49. The van der Waals surface area contributed by atoms with Crippen LogP contribution in [0.3, 0.4) is 0 Å². The summed E-state index contributed by atoms with van der Waals surface area (Å²) < 4.78 is 1.65. The number of rotatable bonds is 4. The number of nitrogens with zero attached hydrogens (tertiary/aromatic N) is 2. The molecular formula is C18H23N3O2. The van der Waals surface area contributed by atoms with Crippen LogP contribution in [0.4, 0.5) is 0 Å². The molecule has 2 heterocycles.